The van der Waals surface area contributed by atoms with Crippen LogP contribution in [-0.4, -0.2) is 30.7 Å². The summed E-state index contributed by atoms with van der Waals surface area (Å²) in [6.07, 6.45) is 3.10. The Bertz CT molecular complexity index is 322. The zero-order valence-corrected chi connectivity index (χ0v) is 12.3. The van der Waals surface area contributed by atoms with Gasteiger partial charge in [-0.05, 0) is 19.3 Å². The van der Waals surface area contributed by atoms with E-state index < -0.39 is 5.54 Å². The van der Waals surface area contributed by atoms with Crippen LogP contribution in [0.5, 0.6) is 0 Å². The van der Waals surface area contributed by atoms with Gasteiger partial charge in [0.05, 0.1) is 6.10 Å². The summed E-state index contributed by atoms with van der Waals surface area (Å²) in [5.41, 5.74) is 5.40. The topological polar surface area (TPSA) is 64.4 Å². The summed E-state index contributed by atoms with van der Waals surface area (Å²) in [5.74, 6) is 0.180. The van der Waals surface area contributed by atoms with Crippen molar-refractivity contribution in [2.24, 2.45) is 17.1 Å². The van der Waals surface area contributed by atoms with E-state index in [1.807, 2.05) is 20.8 Å². The number of carbonyl (C=O) groups is 1. The average Bonchev–Trinajstić information content (AvgIpc) is 2.34. The third-order valence-electron chi connectivity index (χ3n) is 4.60. The summed E-state index contributed by atoms with van der Waals surface area (Å²) < 4.78 is 5.78. The normalized spacial score (nSPS) is 36.9. The predicted octanol–water partition coefficient (Wildman–Crippen LogP) is 1.47. The molecule has 3 N–H and O–H groups in total. The van der Waals surface area contributed by atoms with Crippen molar-refractivity contribution in [1.29, 1.82) is 0 Å². The summed E-state index contributed by atoms with van der Waals surface area (Å²) in [6, 6.07) is 0. The first-order chi connectivity index (χ1) is 7.96. The lowest BCUT2D eigenvalue weighted by molar-refractivity contribution is -0.225. The molecule has 3 atom stereocenters. The number of carbonyl (C=O) groups excluding carboxylic acids is 1. The van der Waals surface area contributed by atoms with Gasteiger partial charge in [0.1, 0.15) is 5.54 Å². The molecule has 3 unspecified atom stereocenters. The summed E-state index contributed by atoms with van der Waals surface area (Å²) >= 11 is 0. The molecule has 0 aromatic rings. The highest BCUT2D eigenvalue weighted by atomic mass is 35.5. The molecular formula is C13H25ClN2O2. The van der Waals surface area contributed by atoms with E-state index >= 15 is 0 Å². The van der Waals surface area contributed by atoms with E-state index in [9.17, 15) is 4.79 Å². The molecule has 1 saturated carbocycles. The Balaban J connectivity index is 0.00000162. The van der Waals surface area contributed by atoms with Gasteiger partial charge in [-0.15, -0.1) is 12.4 Å². The third-order valence-corrected chi connectivity index (χ3v) is 4.60. The number of fused-ring (bicyclic) bond motifs is 1. The van der Waals surface area contributed by atoms with Gasteiger partial charge in [0.25, 0.3) is 0 Å². The Morgan fingerprint density at radius 3 is 2.78 bits per heavy atom. The molecule has 1 saturated heterocycles. The van der Waals surface area contributed by atoms with Crippen molar-refractivity contribution in [2.45, 2.75) is 51.7 Å². The molecule has 0 spiro atoms. The minimum absolute atomic E-state index is 0. The molecule has 1 heterocycles. The van der Waals surface area contributed by atoms with Crippen molar-refractivity contribution >= 4 is 18.3 Å². The van der Waals surface area contributed by atoms with Gasteiger partial charge in [0, 0.05) is 24.5 Å². The third kappa shape index (κ3) is 1.95. The molecule has 2 aliphatic rings. The van der Waals surface area contributed by atoms with Crippen molar-refractivity contribution in [3.8, 4) is 0 Å². The van der Waals surface area contributed by atoms with Gasteiger partial charge in [-0.25, -0.2) is 0 Å². The van der Waals surface area contributed by atoms with E-state index in [1.54, 1.807) is 0 Å². The van der Waals surface area contributed by atoms with Crippen molar-refractivity contribution in [1.82, 2.24) is 5.32 Å². The average molecular weight is 277 g/mol. The van der Waals surface area contributed by atoms with Gasteiger partial charge < -0.3 is 15.8 Å². The molecule has 0 radical (unpaired) electrons. The van der Waals surface area contributed by atoms with Crippen LogP contribution in [0.4, 0.5) is 0 Å². The van der Waals surface area contributed by atoms with Crippen LogP contribution in [0.15, 0.2) is 0 Å². The largest absolute Gasteiger partial charge is 0.377 e. The lowest BCUT2D eigenvalue weighted by Gasteiger charge is -2.65. The number of rotatable bonds is 3. The molecule has 1 aliphatic carbocycles. The van der Waals surface area contributed by atoms with Crippen molar-refractivity contribution in [3.63, 3.8) is 0 Å². The molecule has 1 amide bonds. The summed E-state index contributed by atoms with van der Waals surface area (Å²) in [4.78, 5) is 12.3. The van der Waals surface area contributed by atoms with E-state index in [1.165, 1.54) is 0 Å². The van der Waals surface area contributed by atoms with Crippen LogP contribution < -0.4 is 11.1 Å². The molecular weight excluding hydrogens is 252 g/mol. The fraction of sp³-hybridized carbons (Fsp3) is 0.923. The van der Waals surface area contributed by atoms with Crippen molar-refractivity contribution in [2.75, 3.05) is 13.2 Å². The van der Waals surface area contributed by atoms with E-state index in [-0.39, 0.29) is 35.8 Å². The highest BCUT2D eigenvalue weighted by Gasteiger charge is 2.70. The van der Waals surface area contributed by atoms with E-state index in [4.69, 9.17) is 10.5 Å². The molecule has 0 bridgehead atoms. The Labute approximate surface area is 115 Å². The lowest BCUT2D eigenvalue weighted by Crippen LogP contribution is -2.82. The Hall–Kier alpha value is -0.320. The Morgan fingerprint density at radius 2 is 2.17 bits per heavy atom. The molecule has 18 heavy (non-hydrogen) atoms. The van der Waals surface area contributed by atoms with Crippen molar-refractivity contribution < 1.29 is 9.53 Å². The van der Waals surface area contributed by atoms with Crippen LogP contribution in [-0.2, 0) is 9.53 Å². The summed E-state index contributed by atoms with van der Waals surface area (Å²) in [6.45, 7) is 7.64. The molecule has 4 nitrogen and oxygen atoms in total. The second-order valence-corrected chi connectivity index (χ2v) is 5.89. The van der Waals surface area contributed by atoms with Gasteiger partial charge >= 0.3 is 0 Å². The number of amides is 1. The van der Waals surface area contributed by atoms with Crippen LogP contribution in [0.1, 0.15) is 40.0 Å². The minimum Gasteiger partial charge on any atom is -0.377 e. The molecule has 106 valence electrons. The molecule has 1 aliphatic heterocycles. The monoisotopic (exact) mass is 276 g/mol. The number of hydrogen-bond donors (Lipinski definition) is 2. The molecule has 2 fully saturated rings. The molecule has 0 aromatic heterocycles. The van der Waals surface area contributed by atoms with Crippen LogP contribution in [0.3, 0.4) is 0 Å². The van der Waals surface area contributed by atoms with Gasteiger partial charge in [-0.3, -0.25) is 4.79 Å². The number of halogens is 1. The standard InChI is InChI=1S/C13H24N2O2.ClH/c1-4-7-15-11(16)13(14)9-6-5-8-17-10(9)12(13,2)3;/h9-10H,4-8,14H2,1-3H3,(H,15,16);1H. The van der Waals surface area contributed by atoms with Crippen LogP contribution >= 0.6 is 12.4 Å². The fourth-order valence-corrected chi connectivity index (χ4v) is 3.42. The highest BCUT2D eigenvalue weighted by molar-refractivity contribution is 5.89. The molecule has 2 rings (SSSR count). The zero-order chi connectivity index (χ0) is 12.7. The fourth-order valence-electron chi connectivity index (χ4n) is 3.42. The van der Waals surface area contributed by atoms with Gasteiger partial charge in [0.2, 0.25) is 5.91 Å². The Morgan fingerprint density at radius 1 is 1.50 bits per heavy atom. The van der Waals surface area contributed by atoms with Crippen LogP contribution in [0.2, 0.25) is 0 Å². The maximum Gasteiger partial charge on any atom is 0.241 e. The van der Waals surface area contributed by atoms with Crippen molar-refractivity contribution in [3.05, 3.63) is 0 Å². The van der Waals surface area contributed by atoms with Gasteiger partial charge in [0.15, 0.2) is 0 Å². The number of nitrogens with two attached hydrogens (primary N) is 1. The van der Waals surface area contributed by atoms with Gasteiger partial charge in [-0.1, -0.05) is 20.8 Å². The first-order valence-corrected chi connectivity index (χ1v) is 6.65. The predicted molar refractivity (Wildman–Crippen MR) is 73.7 cm³/mol. The van der Waals surface area contributed by atoms with Gasteiger partial charge in [-0.2, -0.15) is 0 Å². The van der Waals surface area contributed by atoms with E-state index in [2.05, 4.69) is 5.32 Å². The first kappa shape index (κ1) is 15.7. The second-order valence-electron chi connectivity index (χ2n) is 5.89. The zero-order valence-electron chi connectivity index (χ0n) is 11.5. The molecule has 0 aromatic carbocycles. The smallest absolute Gasteiger partial charge is 0.241 e. The molecule has 5 heteroatoms. The summed E-state index contributed by atoms with van der Waals surface area (Å²) in [7, 11) is 0. The maximum absolute atomic E-state index is 12.3. The summed E-state index contributed by atoms with van der Waals surface area (Å²) in [5, 5.41) is 2.94. The number of ether oxygens (including phenoxy) is 1. The number of hydrogen-bond acceptors (Lipinski definition) is 3. The lowest BCUT2D eigenvalue weighted by atomic mass is 9.46. The minimum atomic E-state index is -0.757. The second kappa shape index (κ2) is 5.35. The van der Waals surface area contributed by atoms with E-state index in [0.29, 0.717) is 6.54 Å². The SMILES string of the molecule is CCCNC(=O)C1(N)C2CCCOC2C1(C)C.Cl. The highest BCUT2D eigenvalue weighted by Crippen LogP contribution is 2.57. The first-order valence-electron chi connectivity index (χ1n) is 6.65. The quantitative estimate of drug-likeness (QED) is 0.820. The van der Waals surface area contributed by atoms with Crippen LogP contribution in [0.25, 0.3) is 0 Å². The number of nitrogens with one attached hydrogen (secondary N) is 1. The maximum atomic E-state index is 12.3. The van der Waals surface area contributed by atoms with E-state index in [0.717, 1.165) is 25.9 Å². The van der Waals surface area contributed by atoms with Crippen LogP contribution in [0, 0.1) is 11.3 Å². The Kier molecular flexibility index (Phi) is 4.68.